The van der Waals surface area contributed by atoms with E-state index < -0.39 is 10.0 Å². The molecule has 1 atom stereocenters. The molecule has 1 amide bonds. The van der Waals surface area contributed by atoms with Gasteiger partial charge >= 0.3 is 0 Å². The number of benzene rings is 2. The molecule has 3 N–H and O–H groups in total. The molecule has 0 aliphatic heterocycles. The highest BCUT2D eigenvalue weighted by Gasteiger charge is 2.16. The fourth-order valence-corrected chi connectivity index (χ4v) is 3.01. The molecule has 2 rings (SSSR count). The Hall–Kier alpha value is -2.18. The Kier molecular flexibility index (Phi) is 5.34. The van der Waals surface area contributed by atoms with E-state index in [1.54, 1.807) is 31.2 Å². The molecule has 0 aliphatic rings. The minimum atomic E-state index is -3.77. The highest BCUT2D eigenvalue weighted by Crippen LogP contribution is 2.22. The number of carbonyl (C=O) groups excluding carboxylic acids is 1. The molecular formula is C19H24N2O3S. The van der Waals surface area contributed by atoms with Crippen LogP contribution in [0.4, 0.5) is 0 Å². The smallest absolute Gasteiger partial charge is 0.251 e. The van der Waals surface area contributed by atoms with Crippen molar-refractivity contribution >= 4 is 15.9 Å². The maximum Gasteiger partial charge on any atom is 0.251 e. The van der Waals surface area contributed by atoms with Gasteiger partial charge in [-0.15, -0.1) is 0 Å². The molecule has 0 heterocycles. The molecule has 2 aromatic rings. The fraction of sp³-hybridized carbons (Fsp3) is 0.316. The minimum absolute atomic E-state index is 0.0243. The highest BCUT2D eigenvalue weighted by atomic mass is 32.2. The van der Waals surface area contributed by atoms with Crippen LogP contribution in [-0.4, -0.2) is 14.3 Å². The van der Waals surface area contributed by atoms with Crippen molar-refractivity contribution in [2.75, 3.05) is 0 Å². The van der Waals surface area contributed by atoms with Crippen molar-refractivity contribution in [2.45, 2.75) is 44.0 Å². The first kappa shape index (κ1) is 19.1. The topological polar surface area (TPSA) is 89.3 Å². The first-order valence-corrected chi connectivity index (χ1v) is 9.57. The maximum absolute atomic E-state index is 12.4. The molecule has 0 bridgehead atoms. The predicted molar refractivity (Wildman–Crippen MR) is 98.8 cm³/mol. The van der Waals surface area contributed by atoms with Crippen LogP contribution in [0.3, 0.4) is 0 Å². The normalized spacial score (nSPS) is 13.3. The number of nitrogens with one attached hydrogen (secondary N) is 1. The molecule has 134 valence electrons. The van der Waals surface area contributed by atoms with Gasteiger partial charge in [-0.2, -0.15) is 0 Å². The fourth-order valence-electron chi connectivity index (χ4n) is 2.45. The van der Waals surface area contributed by atoms with Gasteiger partial charge in [-0.25, -0.2) is 13.6 Å². The van der Waals surface area contributed by atoms with Gasteiger partial charge in [0.25, 0.3) is 5.91 Å². The van der Waals surface area contributed by atoms with E-state index in [0.717, 1.165) is 5.56 Å². The molecule has 1 unspecified atom stereocenters. The summed E-state index contributed by atoms with van der Waals surface area (Å²) < 4.78 is 22.9. The van der Waals surface area contributed by atoms with Crippen LogP contribution >= 0.6 is 0 Å². The summed E-state index contributed by atoms with van der Waals surface area (Å²) in [5.74, 6) is -0.214. The Labute approximate surface area is 149 Å². The van der Waals surface area contributed by atoms with Crippen molar-refractivity contribution in [3.8, 4) is 0 Å². The summed E-state index contributed by atoms with van der Waals surface area (Å²) >= 11 is 0. The average Bonchev–Trinajstić information content (AvgIpc) is 2.53. The lowest BCUT2D eigenvalue weighted by Gasteiger charge is -2.19. The van der Waals surface area contributed by atoms with Crippen LogP contribution in [0.25, 0.3) is 0 Å². The molecule has 0 aliphatic carbocycles. The monoisotopic (exact) mass is 360 g/mol. The van der Waals surface area contributed by atoms with E-state index in [9.17, 15) is 13.2 Å². The van der Waals surface area contributed by atoms with Gasteiger partial charge in [0.05, 0.1) is 10.9 Å². The van der Waals surface area contributed by atoms with Crippen molar-refractivity contribution in [1.29, 1.82) is 0 Å². The van der Waals surface area contributed by atoms with Gasteiger partial charge in [0.2, 0.25) is 10.0 Å². The number of hydrogen-bond donors (Lipinski definition) is 2. The molecule has 0 aromatic heterocycles. The Bertz CT molecular complexity index is 866. The molecule has 5 nitrogen and oxygen atoms in total. The summed E-state index contributed by atoms with van der Waals surface area (Å²) in [4.78, 5) is 12.4. The zero-order valence-electron chi connectivity index (χ0n) is 14.9. The number of carbonyl (C=O) groups is 1. The van der Waals surface area contributed by atoms with Crippen LogP contribution in [0.15, 0.2) is 53.4 Å². The maximum atomic E-state index is 12.4. The highest BCUT2D eigenvalue weighted by molar-refractivity contribution is 7.89. The lowest BCUT2D eigenvalue weighted by molar-refractivity contribution is 0.0940. The second-order valence-electron chi connectivity index (χ2n) is 7.14. The molecule has 0 spiro atoms. The molecule has 2 aromatic carbocycles. The van der Waals surface area contributed by atoms with Crippen LogP contribution in [0.5, 0.6) is 0 Å². The Morgan fingerprint density at radius 3 is 2.20 bits per heavy atom. The summed E-state index contributed by atoms with van der Waals surface area (Å²) in [5, 5.41) is 8.03. The lowest BCUT2D eigenvalue weighted by Crippen LogP contribution is -2.27. The van der Waals surface area contributed by atoms with E-state index in [2.05, 4.69) is 26.1 Å². The summed E-state index contributed by atoms with van der Waals surface area (Å²) in [6, 6.07) is 13.4. The predicted octanol–water partition coefficient (Wildman–Crippen LogP) is 3.12. The van der Waals surface area contributed by atoms with E-state index in [4.69, 9.17) is 5.14 Å². The van der Waals surface area contributed by atoms with Gasteiger partial charge in [0, 0.05) is 5.56 Å². The van der Waals surface area contributed by atoms with Crippen molar-refractivity contribution in [3.05, 3.63) is 65.2 Å². The number of primary sulfonamides is 1. The van der Waals surface area contributed by atoms with Gasteiger partial charge in [0.15, 0.2) is 0 Å². The molecule has 0 fully saturated rings. The van der Waals surface area contributed by atoms with Crippen molar-refractivity contribution in [3.63, 3.8) is 0 Å². The standard InChI is InChI=1S/C19H24N2O3S/c1-13(15-6-5-7-17(12-15)25(20,23)24)21-18(22)14-8-10-16(11-9-14)19(2,3)4/h5-13H,1-4H3,(H,21,22)(H2,20,23,24). The average molecular weight is 360 g/mol. The Morgan fingerprint density at radius 2 is 1.68 bits per heavy atom. The zero-order valence-corrected chi connectivity index (χ0v) is 15.7. The number of nitrogens with two attached hydrogens (primary N) is 1. The molecule has 0 saturated carbocycles. The van der Waals surface area contributed by atoms with Gasteiger partial charge in [0.1, 0.15) is 0 Å². The molecule has 0 saturated heterocycles. The van der Waals surface area contributed by atoms with E-state index in [1.165, 1.54) is 12.1 Å². The molecule has 6 heteroatoms. The van der Waals surface area contributed by atoms with E-state index in [1.807, 2.05) is 12.1 Å². The molecule has 25 heavy (non-hydrogen) atoms. The lowest BCUT2D eigenvalue weighted by atomic mass is 9.86. The van der Waals surface area contributed by atoms with Crippen molar-refractivity contribution < 1.29 is 13.2 Å². The minimum Gasteiger partial charge on any atom is -0.346 e. The third kappa shape index (κ3) is 4.90. The SMILES string of the molecule is CC(NC(=O)c1ccc(C(C)(C)C)cc1)c1cccc(S(N)(=O)=O)c1. The van der Waals surface area contributed by atoms with Gasteiger partial charge in [-0.3, -0.25) is 4.79 Å². The van der Waals surface area contributed by atoms with Crippen molar-refractivity contribution in [1.82, 2.24) is 5.32 Å². The van der Waals surface area contributed by atoms with Crippen LogP contribution < -0.4 is 10.5 Å². The van der Waals surface area contributed by atoms with Gasteiger partial charge < -0.3 is 5.32 Å². The third-order valence-corrected chi connectivity index (χ3v) is 4.96. The first-order valence-electron chi connectivity index (χ1n) is 8.02. The van der Waals surface area contributed by atoms with Crippen LogP contribution in [0.1, 0.15) is 55.2 Å². The number of amides is 1. The molecular weight excluding hydrogens is 336 g/mol. The first-order chi connectivity index (χ1) is 11.5. The number of rotatable bonds is 4. The number of sulfonamides is 1. The molecule has 0 radical (unpaired) electrons. The quantitative estimate of drug-likeness (QED) is 0.878. The van der Waals surface area contributed by atoms with Crippen LogP contribution in [-0.2, 0) is 15.4 Å². The second kappa shape index (κ2) is 6.98. The largest absolute Gasteiger partial charge is 0.346 e. The van der Waals surface area contributed by atoms with Crippen molar-refractivity contribution in [2.24, 2.45) is 5.14 Å². The van der Waals surface area contributed by atoms with E-state index in [-0.39, 0.29) is 22.3 Å². The zero-order chi connectivity index (χ0) is 18.8. The van der Waals surface area contributed by atoms with E-state index in [0.29, 0.717) is 11.1 Å². The summed E-state index contributed by atoms with van der Waals surface area (Å²) in [6.07, 6.45) is 0. The Balaban J connectivity index is 2.15. The summed E-state index contributed by atoms with van der Waals surface area (Å²) in [5.41, 5.74) is 2.41. The number of hydrogen-bond acceptors (Lipinski definition) is 3. The summed E-state index contributed by atoms with van der Waals surface area (Å²) in [6.45, 7) is 8.14. The second-order valence-corrected chi connectivity index (χ2v) is 8.70. The van der Waals surface area contributed by atoms with Gasteiger partial charge in [-0.1, -0.05) is 45.0 Å². The Morgan fingerprint density at radius 1 is 1.08 bits per heavy atom. The van der Waals surface area contributed by atoms with E-state index >= 15 is 0 Å². The summed E-state index contributed by atoms with van der Waals surface area (Å²) in [7, 11) is -3.77. The van der Waals surface area contributed by atoms with Crippen LogP contribution in [0.2, 0.25) is 0 Å². The van der Waals surface area contributed by atoms with Crippen LogP contribution in [0, 0.1) is 0 Å². The van der Waals surface area contributed by atoms with Gasteiger partial charge in [-0.05, 0) is 47.7 Å². The third-order valence-electron chi connectivity index (χ3n) is 4.05.